The average Bonchev–Trinajstić information content (AvgIpc) is 3.06. The molecule has 2 atom stereocenters. The van der Waals surface area contributed by atoms with E-state index in [0.717, 1.165) is 25.2 Å². The molecule has 15 heavy (non-hydrogen) atoms. The molecular weight excluding hydrogens is 210 g/mol. The molecule has 1 aromatic rings. The largest absolute Gasteiger partial charge is 0.494 e. The zero-order valence-corrected chi connectivity index (χ0v) is 9.63. The highest BCUT2D eigenvalue weighted by atomic mass is 35.5. The van der Waals surface area contributed by atoms with Crippen LogP contribution in [0.15, 0.2) is 24.3 Å². The van der Waals surface area contributed by atoms with Crippen LogP contribution in [0, 0.1) is 0 Å². The summed E-state index contributed by atoms with van der Waals surface area (Å²) in [5.74, 6) is 1.54. The maximum absolute atomic E-state index is 5.57. The molecule has 0 saturated heterocycles. The first-order chi connectivity index (χ1) is 7.35. The smallest absolute Gasteiger partial charge is 0.119 e. The van der Waals surface area contributed by atoms with Gasteiger partial charge in [0.2, 0.25) is 0 Å². The van der Waals surface area contributed by atoms with Crippen molar-refractivity contribution in [2.24, 2.45) is 0 Å². The van der Waals surface area contributed by atoms with Gasteiger partial charge in [-0.25, -0.2) is 4.84 Å². The molecule has 1 aromatic carbocycles. The minimum atomic E-state index is 0.453. The van der Waals surface area contributed by atoms with Crippen molar-refractivity contribution in [1.29, 1.82) is 0 Å². The SMILES string of the molecule is CCCOc1ccc(C2CC2NCl)cc1. The lowest BCUT2D eigenvalue weighted by atomic mass is 10.1. The van der Waals surface area contributed by atoms with Crippen LogP contribution < -0.4 is 9.57 Å². The highest BCUT2D eigenvalue weighted by Gasteiger charge is 2.37. The van der Waals surface area contributed by atoms with Crippen molar-refractivity contribution < 1.29 is 4.74 Å². The molecule has 82 valence electrons. The van der Waals surface area contributed by atoms with Gasteiger partial charge < -0.3 is 4.74 Å². The van der Waals surface area contributed by atoms with Crippen molar-refractivity contribution in [2.45, 2.75) is 31.7 Å². The third-order valence-electron chi connectivity index (χ3n) is 2.71. The first-order valence-corrected chi connectivity index (χ1v) is 5.82. The molecule has 3 heteroatoms. The summed E-state index contributed by atoms with van der Waals surface area (Å²) < 4.78 is 5.52. The molecule has 0 spiro atoms. The van der Waals surface area contributed by atoms with Crippen LogP contribution in [0.25, 0.3) is 0 Å². The van der Waals surface area contributed by atoms with Gasteiger partial charge in [-0.1, -0.05) is 19.1 Å². The zero-order valence-electron chi connectivity index (χ0n) is 8.87. The zero-order chi connectivity index (χ0) is 10.7. The number of ether oxygens (including phenoxy) is 1. The van der Waals surface area contributed by atoms with Gasteiger partial charge in [-0.15, -0.1) is 0 Å². The molecule has 1 saturated carbocycles. The van der Waals surface area contributed by atoms with Gasteiger partial charge >= 0.3 is 0 Å². The van der Waals surface area contributed by atoms with Crippen molar-refractivity contribution >= 4 is 11.8 Å². The van der Waals surface area contributed by atoms with Gasteiger partial charge in [0, 0.05) is 12.0 Å². The van der Waals surface area contributed by atoms with Gasteiger partial charge in [-0.2, -0.15) is 0 Å². The normalized spacial score (nSPS) is 23.9. The fourth-order valence-electron chi connectivity index (χ4n) is 1.72. The van der Waals surface area contributed by atoms with Crippen LogP contribution in [-0.4, -0.2) is 12.6 Å². The second kappa shape index (κ2) is 4.86. The highest BCUT2D eigenvalue weighted by molar-refractivity contribution is 6.13. The monoisotopic (exact) mass is 225 g/mol. The average molecular weight is 226 g/mol. The molecule has 0 radical (unpaired) electrons. The first kappa shape index (κ1) is 10.8. The second-order valence-electron chi connectivity index (χ2n) is 3.98. The first-order valence-electron chi connectivity index (χ1n) is 5.44. The lowest BCUT2D eigenvalue weighted by Gasteiger charge is -2.05. The van der Waals surface area contributed by atoms with E-state index in [4.69, 9.17) is 16.5 Å². The molecule has 2 rings (SSSR count). The Morgan fingerprint density at radius 3 is 2.67 bits per heavy atom. The van der Waals surface area contributed by atoms with Gasteiger partial charge in [0.15, 0.2) is 0 Å². The van der Waals surface area contributed by atoms with Gasteiger partial charge in [0.1, 0.15) is 5.75 Å². The lowest BCUT2D eigenvalue weighted by molar-refractivity contribution is 0.317. The summed E-state index contributed by atoms with van der Waals surface area (Å²) in [5, 5.41) is 0. The molecule has 0 amide bonds. The van der Waals surface area contributed by atoms with E-state index >= 15 is 0 Å². The Bertz CT molecular complexity index is 312. The number of hydrogen-bond acceptors (Lipinski definition) is 2. The highest BCUT2D eigenvalue weighted by Crippen LogP contribution is 2.41. The lowest BCUT2D eigenvalue weighted by Crippen LogP contribution is -2.03. The fraction of sp³-hybridized carbons (Fsp3) is 0.500. The van der Waals surface area contributed by atoms with E-state index in [1.807, 2.05) is 12.1 Å². The second-order valence-corrected chi connectivity index (χ2v) is 4.19. The molecule has 1 fully saturated rings. The van der Waals surface area contributed by atoms with Gasteiger partial charge in [0.25, 0.3) is 0 Å². The summed E-state index contributed by atoms with van der Waals surface area (Å²) >= 11 is 5.57. The Morgan fingerprint density at radius 2 is 2.13 bits per heavy atom. The molecule has 1 aliphatic carbocycles. The van der Waals surface area contributed by atoms with Crippen molar-refractivity contribution in [3.63, 3.8) is 0 Å². The molecule has 1 N–H and O–H groups in total. The van der Waals surface area contributed by atoms with E-state index in [1.165, 1.54) is 5.56 Å². The molecule has 1 aliphatic rings. The van der Waals surface area contributed by atoms with Gasteiger partial charge in [0.05, 0.1) is 6.61 Å². The summed E-state index contributed by atoms with van der Waals surface area (Å²) in [6, 6.07) is 8.78. The number of nitrogens with one attached hydrogen (secondary N) is 1. The van der Waals surface area contributed by atoms with Crippen LogP contribution in [0.1, 0.15) is 31.2 Å². The Labute approximate surface area is 95.7 Å². The summed E-state index contributed by atoms with van der Waals surface area (Å²) in [5.41, 5.74) is 1.34. The van der Waals surface area contributed by atoms with Gasteiger partial charge in [-0.3, -0.25) is 0 Å². The third kappa shape index (κ3) is 2.64. The fourth-order valence-corrected chi connectivity index (χ4v) is 1.96. The minimum absolute atomic E-state index is 0.453. The van der Waals surface area contributed by atoms with Crippen LogP contribution in [-0.2, 0) is 0 Å². The number of benzene rings is 1. The molecule has 2 unspecified atom stereocenters. The summed E-state index contributed by atoms with van der Waals surface area (Å²) in [7, 11) is 0. The van der Waals surface area contributed by atoms with Gasteiger partial charge in [-0.05, 0) is 42.3 Å². The van der Waals surface area contributed by atoms with E-state index in [2.05, 4.69) is 23.9 Å². The van der Waals surface area contributed by atoms with Crippen molar-refractivity contribution in [3.05, 3.63) is 29.8 Å². The van der Waals surface area contributed by atoms with E-state index < -0.39 is 0 Å². The quantitative estimate of drug-likeness (QED) is 0.778. The predicted molar refractivity (Wildman–Crippen MR) is 62.4 cm³/mol. The standard InChI is InChI=1S/C12H16ClNO/c1-2-7-15-10-5-3-9(4-6-10)11-8-12(11)14-13/h3-6,11-12,14H,2,7-8H2,1H3. The topological polar surface area (TPSA) is 21.3 Å². The van der Waals surface area contributed by atoms with Crippen LogP contribution in [0.4, 0.5) is 0 Å². The van der Waals surface area contributed by atoms with E-state index in [0.29, 0.717) is 12.0 Å². The van der Waals surface area contributed by atoms with E-state index in [9.17, 15) is 0 Å². The molecule has 0 aliphatic heterocycles. The molecule has 0 bridgehead atoms. The Morgan fingerprint density at radius 1 is 1.40 bits per heavy atom. The van der Waals surface area contributed by atoms with Crippen molar-refractivity contribution in [2.75, 3.05) is 6.61 Å². The predicted octanol–water partition coefficient (Wildman–Crippen LogP) is 3.07. The molecule has 2 nitrogen and oxygen atoms in total. The van der Waals surface area contributed by atoms with Crippen molar-refractivity contribution in [1.82, 2.24) is 4.84 Å². The number of rotatable bonds is 5. The van der Waals surface area contributed by atoms with E-state index in [1.54, 1.807) is 0 Å². The summed E-state index contributed by atoms with van der Waals surface area (Å²) in [6.07, 6.45) is 2.18. The Balaban J connectivity index is 1.93. The van der Waals surface area contributed by atoms with Crippen LogP contribution in [0.2, 0.25) is 0 Å². The van der Waals surface area contributed by atoms with Crippen LogP contribution in [0.5, 0.6) is 5.75 Å². The molecular formula is C12H16ClNO. The minimum Gasteiger partial charge on any atom is -0.494 e. The summed E-state index contributed by atoms with van der Waals surface area (Å²) in [6.45, 7) is 2.89. The summed E-state index contributed by atoms with van der Waals surface area (Å²) in [4.78, 5) is 2.78. The maximum atomic E-state index is 5.57. The van der Waals surface area contributed by atoms with Crippen LogP contribution in [0.3, 0.4) is 0 Å². The number of hydrogen-bond donors (Lipinski definition) is 1. The third-order valence-corrected chi connectivity index (χ3v) is 2.99. The maximum Gasteiger partial charge on any atom is 0.119 e. The molecule has 0 aromatic heterocycles. The van der Waals surface area contributed by atoms with Crippen molar-refractivity contribution in [3.8, 4) is 5.75 Å². The van der Waals surface area contributed by atoms with E-state index in [-0.39, 0.29) is 0 Å². The molecule has 0 heterocycles. The van der Waals surface area contributed by atoms with Crippen LogP contribution >= 0.6 is 11.8 Å². The Hall–Kier alpha value is -0.730. The Kier molecular flexibility index (Phi) is 3.49. The number of halogens is 1.